The maximum absolute atomic E-state index is 13.6. The maximum Gasteiger partial charge on any atom is 0.129 e. The van der Waals surface area contributed by atoms with E-state index in [0.717, 1.165) is 0 Å². The van der Waals surface area contributed by atoms with Crippen LogP contribution in [0.25, 0.3) is 0 Å². The van der Waals surface area contributed by atoms with Gasteiger partial charge in [0.2, 0.25) is 0 Å². The van der Waals surface area contributed by atoms with E-state index in [4.69, 9.17) is 11.6 Å². The van der Waals surface area contributed by atoms with E-state index < -0.39 is 11.0 Å². The number of rotatable bonds is 3. The minimum Gasteiger partial charge on any atom is -0.242 e. The summed E-state index contributed by atoms with van der Waals surface area (Å²) in [6.45, 7) is 7.36. The molecule has 5 heteroatoms. The lowest BCUT2D eigenvalue weighted by Crippen LogP contribution is -2.35. The minimum atomic E-state index is -1.23. The Kier molecular flexibility index (Phi) is 4.69. The van der Waals surface area contributed by atoms with Crippen molar-refractivity contribution >= 4 is 22.6 Å². The molecule has 17 heavy (non-hydrogen) atoms. The summed E-state index contributed by atoms with van der Waals surface area (Å²) in [4.78, 5) is 0. The number of hydrogen-bond acceptors (Lipinski definition) is 1. The lowest BCUT2D eigenvalue weighted by Gasteiger charge is -2.22. The molecule has 0 heterocycles. The zero-order valence-corrected chi connectivity index (χ0v) is 12.0. The van der Waals surface area contributed by atoms with Gasteiger partial charge in [0.15, 0.2) is 0 Å². The third-order valence-corrected chi connectivity index (χ3v) is 4.18. The maximum atomic E-state index is 13.6. The Morgan fingerprint density at radius 3 is 2.47 bits per heavy atom. The Balaban J connectivity index is 2.84. The van der Waals surface area contributed by atoms with E-state index in [0.29, 0.717) is 10.6 Å². The van der Waals surface area contributed by atoms with E-state index in [9.17, 15) is 8.60 Å². The zero-order chi connectivity index (χ0) is 13.2. The summed E-state index contributed by atoms with van der Waals surface area (Å²) in [5, 5.41) is 0.357. The highest BCUT2D eigenvalue weighted by Gasteiger charge is 2.22. The summed E-state index contributed by atoms with van der Waals surface area (Å²) in [5.41, 5.74) is 0.465. The molecule has 0 amide bonds. The lowest BCUT2D eigenvalue weighted by molar-refractivity contribution is 0.572. The molecule has 0 bridgehead atoms. The van der Waals surface area contributed by atoms with Crippen LogP contribution in [-0.4, -0.2) is 8.96 Å². The van der Waals surface area contributed by atoms with Crippen molar-refractivity contribution in [1.29, 1.82) is 0 Å². The standard InChI is InChI=1S/C12H17ClFNOS/c1-8(15-17(16)12(2,3)4)10-6-5-9(13)7-11(10)14/h5-8,15H,1-4H3/t8-,17+/m1/s1. The monoisotopic (exact) mass is 277 g/mol. The van der Waals surface area contributed by atoms with Crippen LogP contribution < -0.4 is 4.72 Å². The van der Waals surface area contributed by atoms with Crippen LogP contribution in [0.4, 0.5) is 4.39 Å². The normalized spacial score (nSPS) is 15.6. The number of hydrogen-bond donors (Lipinski definition) is 1. The van der Waals surface area contributed by atoms with Crippen molar-refractivity contribution in [3.63, 3.8) is 0 Å². The van der Waals surface area contributed by atoms with Gasteiger partial charge in [0.1, 0.15) is 5.82 Å². The summed E-state index contributed by atoms with van der Waals surface area (Å²) >= 11 is 5.68. The summed E-state index contributed by atoms with van der Waals surface area (Å²) < 4.78 is 28.0. The molecule has 1 aromatic rings. The molecule has 0 aromatic heterocycles. The molecule has 0 aliphatic rings. The summed E-state index contributed by atoms with van der Waals surface area (Å²) in [6.07, 6.45) is 0. The first kappa shape index (κ1) is 14.6. The molecule has 0 unspecified atom stereocenters. The zero-order valence-electron chi connectivity index (χ0n) is 10.4. The van der Waals surface area contributed by atoms with Gasteiger partial charge in [-0.25, -0.2) is 13.3 Å². The highest BCUT2D eigenvalue weighted by atomic mass is 35.5. The molecule has 0 fully saturated rings. The fourth-order valence-corrected chi connectivity index (χ4v) is 2.21. The van der Waals surface area contributed by atoms with Crippen LogP contribution in [0.2, 0.25) is 5.02 Å². The van der Waals surface area contributed by atoms with E-state index in [1.807, 2.05) is 20.8 Å². The molecular weight excluding hydrogens is 261 g/mol. The van der Waals surface area contributed by atoms with Crippen LogP contribution in [0.3, 0.4) is 0 Å². The quantitative estimate of drug-likeness (QED) is 0.899. The Hall–Kier alpha value is -0.450. The second kappa shape index (κ2) is 5.46. The molecule has 0 aliphatic carbocycles. The van der Waals surface area contributed by atoms with Crippen molar-refractivity contribution in [2.75, 3.05) is 0 Å². The third kappa shape index (κ3) is 4.05. The second-order valence-corrected chi connectivity index (χ2v) is 7.32. The summed E-state index contributed by atoms with van der Waals surface area (Å²) in [6, 6.07) is 4.16. The molecule has 1 aromatic carbocycles. The first-order chi connectivity index (χ1) is 7.71. The SMILES string of the molecule is C[C@@H](N[S@@](=O)C(C)(C)C)c1ccc(Cl)cc1F. The van der Waals surface area contributed by atoms with E-state index in [1.165, 1.54) is 6.07 Å². The third-order valence-electron chi connectivity index (χ3n) is 2.27. The highest BCUT2D eigenvalue weighted by molar-refractivity contribution is 7.84. The number of halogens is 2. The molecule has 0 radical (unpaired) electrons. The van der Waals surface area contributed by atoms with Crippen LogP contribution >= 0.6 is 11.6 Å². The van der Waals surface area contributed by atoms with Crippen molar-refractivity contribution in [2.24, 2.45) is 0 Å². The average Bonchev–Trinajstić information content (AvgIpc) is 2.15. The average molecular weight is 278 g/mol. The van der Waals surface area contributed by atoms with Gasteiger partial charge < -0.3 is 0 Å². The lowest BCUT2D eigenvalue weighted by atomic mass is 10.1. The summed E-state index contributed by atoms with van der Waals surface area (Å²) in [5.74, 6) is -0.386. The fraction of sp³-hybridized carbons (Fsp3) is 0.500. The molecule has 1 rings (SSSR count). The van der Waals surface area contributed by atoms with Gasteiger partial charge in [0.25, 0.3) is 0 Å². The largest absolute Gasteiger partial charge is 0.242 e. The topological polar surface area (TPSA) is 29.1 Å². The van der Waals surface area contributed by atoms with E-state index in [-0.39, 0.29) is 16.6 Å². The van der Waals surface area contributed by atoms with Crippen LogP contribution in [0, 0.1) is 5.82 Å². The van der Waals surface area contributed by atoms with Gasteiger partial charge in [-0.05, 0) is 39.8 Å². The van der Waals surface area contributed by atoms with Gasteiger partial charge in [-0.3, -0.25) is 0 Å². The molecular formula is C12H17ClFNOS. The number of nitrogens with one attached hydrogen (secondary N) is 1. The van der Waals surface area contributed by atoms with E-state index >= 15 is 0 Å². The van der Waals surface area contributed by atoms with Crippen LogP contribution in [0.1, 0.15) is 39.3 Å². The predicted octanol–water partition coefficient (Wildman–Crippen LogP) is 3.59. The van der Waals surface area contributed by atoms with Gasteiger partial charge in [0, 0.05) is 16.6 Å². The molecule has 0 spiro atoms. The van der Waals surface area contributed by atoms with Crippen LogP contribution in [0.5, 0.6) is 0 Å². The second-order valence-electron chi connectivity index (χ2n) is 4.89. The Bertz CT molecular complexity index is 431. The van der Waals surface area contributed by atoms with Crippen molar-refractivity contribution in [2.45, 2.75) is 38.5 Å². The van der Waals surface area contributed by atoms with Gasteiger partial charge in [-0.1, -0.05) is 17.7 Å². The first-order valence-corrected chi connectivity index (χ1v) is 6.87. The van der Waals surface area contributed by atoms with Crippen molar-refractivity contribution < 1.29 is 8.60 Å². The van der Waals surface area contributed by atoms with Crippen molar-refractivity contribution in [1.82, 2.24) is 4.72 Å². The van der Waals surface area contributed by atoms with Crippen molar-refractivity contribution in [3.05, 3.63) is 34.6 Å². The Morgan fingerprint density at radius 1 is 1.41 bits per heavy atom. The smallest absolute Gasteiger partial charge is 0.129 e. The molecule has 2 nitrogen and oxygen atoms in total. The molecule has 96 valence electrons. The fourth-order valence-electron chi connectivity index (χ4n) is 1.25. The van der Waals surface area contributed by atoms with Crippen molar-refractivity contribution in [3.8, 4) is 0 Å². The van der Waals surface area contributed by atoms with Crippen LogP contribution in [0.15, 0.2) is 18.2 Å². The van der Waals surface area contributed by atoms with Gasteiger partial charge in [0.05, 0.1) is 15.7 Å². The van der Waals surface area contributed by atoms with Gasteiger partial charge >= 0.3 is 0 Å². The van der Waals surface area contributed by atoms with Crippen LogP contribution in [-0.2, 0) is 11.0 Å². The molecule has 1 N–H and O–H groups in total. The predicted molar refractivity (Wildman–Crippen MR) is 70.9 cm³/mol. The molecule has 0 aliphatic heterocycles. The first-order valence-electron chi connectivity index (χ1n) is 5.35. The number of benzene rings is 1. The van der Waals surface area contributed by atoms with E-state index in [1.54, 1.807) is 19.1 Å². The minimum absolute atomic E-state index is 0.327. The van der Waals surface area contributed by atoms with E-state index in [2.05, 4.69) is 4.72 Å². The van der Waals surface area contributed by atoms with Gasteiger partial charge in [-0.2, -0.15) is 0 Å². The highest BCUT2D eigenvalue weighted by Crippen LogP contribution is 2.22. The summed E-state index contributed by atoms with van der Waals surface area (Å²) in [7, 11) is -1.23. The molecule has 0 saturated heterocycles. The van der Waals surface area contributed by atoms with Gasteiger partial charge in [-0.15, -0.1) is 0 Å². The molecule has 2 atom stereocenters. The Labute approximate surface area is 109 Å². The molecule has 0 saturated carbocycles. The Morgan fingerprint density at radius 2 is 2.00 bits per heavy atom.